The molecular weight excluding hydrogens is 348 g/mol. The van der Waals surface area contributed by atoms with Crippen LogP contribution in [0.15, 0.2) is 59.9 Å². The SMILES string of the molecule is CNCc1cn(S(=O)(=O)c2cccnc2)c(-c2ccccc2F)c1F. The Morgan fingerprint density at radius 1 is 1.16 bits per heavy atom. The molecule has 0 aliphatic rings. The number of benzene rings is 1. The van der Waals surface area contributed by atoms with Gasteiger partial charge >= 0.3 is 0 Å². The molecule has 0 spiro atoms. The monoisotopic (exact) mass is 363 g/mol. The molecule has 0 unspecified atom stereocenters. The zero-order valence-corrected chi connectivity index (χ0v) is 14.1. The maximum atomic E-state index is 14.9. The zero-order valence-electron chi connectivity index (χ0n) is 13.3. The van der Waals surface area contributed by atoms with Gasteiger partial charge in [0.1, 0.15) is 16.4 Å². The fourth-order valence-corrected chi connectivity index (χ4v) is 3.87. The van der Waals surface area contributed by atoms with Crippen molar-refractivity contribution in [1.82, 2.24) is 14.3 Å². The third kappa shape index (κ3) is 3.06. The minimum Gasteiger partial charge on any atom is -0.316 e. The van der Waals surface area contributed by atoms with E-state index in [0.29, 0.717) is 0 Å². The molecule has 0 aliphatic heterocycles. The van der Waals surface area contributed by atoms with Gasteiger partial charge in [-0.15, -0.1) is 0 Å². The summed E-state index contributed by atoms with van der Waals surface area (Å²) in [5, 5.41) is 2.77. The van der Waals surface area contributed by atoms with E-state index < -0.39 is 21.7 Å². The van der Waals surface area contributed by atoms with Crippen LogP contribution >= 0.6 is 0 Å². The Bertz CT molecular complexity index is 1000. The van der Waals surface area contributed by atoms with Crippen LogP contribution in [0.2, 0.25) is 0 Å². The molecule has 1 aromatic carbocycles. The Labute approximate surface area is 144 Å². The third-order valence-electron chi connectivity index (χ3n) is 3.67. The lowest BCUT2D eigenvalue weighted by Crippen LogP contribution is -2.14. The summed E-state index contributed by atoms with van der Waals surface area (Å²) in [4.78, 5) is 3.68. The lowest BCUT2D eigenvalue weighted by atomic mass is 10.1. The topological polar surface area (TPSA) is 64.0 Å². The van der Waals surface area contributed by atoms with Crippen LogP contribution in [0.3, 0.4) is 0 Å². The lowest BCUT2D eigenvalue weighted by Gasteiger charge is -2.11. The van der Waals surface area contributed by atoms with Gasteiger partial charge < -0.3 is 5.32 Å². The molecule has 0 atom stereocenters. The second kappa shape index (κ2) is 6.73. The first kappa shape index (κ1) is 17.2. The molecule has 8 heteroatoms. The highest BCUT2D eigenvalue weighted by Crippen LogP contribution is 2.32. The van der Waals surface area contributed by atoms with E-state index in [0.717, 1.165) is 22.4 Å². The molecule has 3 rings (SSSR count). The van der Waals surface area contributed by atoms with Crippen LogP contribution in [0, 0.1) is 11.6 Å². The largest absolute Gasteiger partial charge is 0.316 e. The molecule has 3 aromatic rings. The number of hydrogen-bond acceptors (Lipinski definition) is 4. The van der Waals surface area contributed by atoms with E-state index in [-0.39, 0.29) is 28.3 Å². The van der Waals surface area contributed by atoms with Crippen LogP contribution in [-0.2, 0) is 16.6 Å². The normalized spacial score (nSPS) is 11.6. The quantitative estimate of drug-likeness (QED) is 0.757. The van der Waals surface area contributed by atoms with E-state index in [4.69, 9.17) is 0 Å². The molecule has 1 N–H and O–H groups in total. The van der Waals surface area contributed by atoms with E-state index in [1.165, 1.54) is 36.5 Å². The van der Waals surface area contributed by atoms with Crippen LogP contribution in [0.5, 0.6) is 0 Å². The van der Waals surface area contributed by atoms with Crippen molar-refractivity contribution < 1.29 is 17.2 Å². The van der Waals surface area contributed by atoms with Crippen LogP contribution in [-0.4, -0.2) is 24.4 Å². The summed E-state index contributed by atoms with van der Waals surface area (Å²) in [7, 11) is -2.53. The van der Waals surface area contributed by atoms with Crippen LogP contribution in [0.4, 0.5) is 8.78 Å². The van der Waals surface area contributed by atoms with Gasteiger partial charge in [-0.3, -0.25) is 4.98 Å². The highest BCUT2D eigenvalue weighted by molar-refractivity contribution is 7.90. The Balaban J connectivity index is 2.30. The van der Waals surface area contributed by atoms with Gasteiger partial charge in [-0.05, 0) is 31.3 Å². The number of pyridine rings is 1. The second-order valence-corrected chi connectivity index (χ2v) is 7.13. The first-order chi connectivity index (χ1) is 12.0. The Morgan fingerprint density at radius 3 is 2.56 bits per heavy atom. The molecule has 0 radical (unpaired) electrons. The molecule has 25 heavy (non-hydrogen) atoms. The molecule has 2 aromatic heterocycles. The van der Waals surface area contributed by atoms with Crippen molar-refractivity contribution in [3.8, 4) is 11.3 Å². The van der Waals surface area contributed by atoms with Gasteiger partial charge in [0, 0.05) is 36.3 Å². The Morgan fingerprint density at radius 2 is 1.92 bits per heavy atom. The van der Waals surface area contributed by atoms with Crippen molar-refractivity contribution in [3.05, 3.63) is 72.2 Å². The summed E-state index contributed by atoms with van der Waals surface area (Å²) in [5.41, 5.74) is -0.352. The summed E-state index contributed by atoms with van der Waals surface area (Å²) in [6.45, 7) is 0.100. The fourth-order valence-electron chi connectivity index (χ4n) is 2.52. The molecule has 0 bridgehead atoms. The van der Waals surface area contributed by atoms with Crippen molar-refractivity contribution in [2.24, 2.45) is 0 Å². The van der Waals surface area contributed by atoms with Crippen molar-refractivity contribution in [2.45, 2.75) is 11.4 Å². The number of rotatable bonds is 5. The fraction of sp³-hybridized carbons (Fsp3) is 0.118. The molecule has 130 valence electrons. The maximum Gasteiger partial charge on any atom is 0.269 e. The van der Waals surface area contributed by atoms with Crippen molar-refractivity contribution >= 4 is 10.0 Å². The third-order valence-corrected chi connectivity index (χ3v) is 5.31. The molecule has 0 saturated carbocycles. The van der Waals surface area contributed by atoms with Gasteiger partial charge in [-0.2, -0.15) is 0 Å². The predicted molar refractivity (Wildman–Crippen MR) is 89.4 cm³/mol. The average Bonchev–Trinajstić information content (AvgIpc) is 2.94. The number of halogens is 2. The average molecular weight is 363 g/mol. The van der Waals surface area contributed by atoms with E-state index in [1.54, 1.807) is 7.05 Å². The van der Waals surface area contributed by atoms with Crippen LogP contribution in [0.25, 0.3) is 11.3 Å². The van der Waals surface area contributed by atoms with Crippen molar-refractivity contribution in [3.63, 3.8) is 0 Å². The lowest BCUT2D eigenvalue weighted by molar-refractivity contribution is 0.583. The summed E-state index contributed by atoms with van der Waals surface area (Å²) in [5.74, 6) is -1.50. The van der Waals surface area contributed by atoms with Gasteiger partial charge in [0.25, 0.3) is 10.0 Å². The summed E-state index contributed by atoms with van der Waals surface area (Å²) >= 11 is 0. The van der Waals surface area contributed by atoms with Crippen LogP contribution in [0.1, 0.15) is 5.56 Å². The zero-order chi connectivity index (χ0) is 18.0. The van der Waals surface area contributed by atoms with Gasteiger partial charge in [0.05, 0.1) is 0 Å². The summed E-state index contributed by atoms with van der Waals surface area (Å²) < 4.78 is 55.7. The smallest absolute Gasteiger partial charge is 0.269 e. The molecule has 2 heterocycles. The standard InChI is InChI=1S/C17H15F2N3O2S/c1-20-9-12-11-22(25(23,24)13-5-4-8-21-10-13)17(16(12)19)14-6-2-3-7-15(14)18/h2-8,10-11,20H,9H2,1H3. The number of nitrogens with one attached hydrogen (secondary N) is 1. The highest BCUT2D eigenvalue weighted by Gasteiger charge is 2.27. The molecule has 0 aliphatic carbocycles. The van der Waals surface area contributed by atoms with E-state index in [2.05, 4.69) is 10.3 Å². The van der Waals surface area contributed by atoms with Crippen LogP contribution < -0.4 is 5.32 Å². The minimum atomic E-state index is -4.13. The second-order valence-electron chi connectivity index (χ2n) is 5.32. The van der Waals surface area contributed by atoms with Crippen molar-refractivity contribution in [2.75, 3.05) is 7.05 Å². The van der Waals surface area contributed by atoms with Gasteiger partial charge in [-0.25, -0.2) is 21.2 Å². The predicted octanol–water partition coefficient (Wildman–Crippen LogP) is 2.78. The molecular formula is C17H15F2N3O2S. The van der Waals surface area contributed by atoms with Crippen molar-refractivity contribution in [1.29, 1.82) is 0 Å². The van der Waals surface area contributed by atoms with Gasteiger partial charge in [-0.1, -0.05) is 12.1 Å². The first-order valence-corrected chi connectivity index (χ1v) is 8.85. The minimum absolute atomic E-state index is 0.100. The molecule has 0 amide bonds. The van der Waals surface area contributed by atoms with Gasteiger partial charge in [0.2, 0.25) is 0 Å². The van der Waals surface area contributed by atoms with E-state index >= 15 is 0 Å². The Kier molecular flexibility index (Phi) is 4.65. The summed E-state index contributed by atoms with van der Waals surface area (Å²) in [6, 6.07) is 8.28. The van der Waals surface area contributed by atoms with E-state index in [9.17, 15) is 17.2 Å². The first-order valence-electron chi connectivity index (χ1n) is 7.41. The molecule has 0 saturated heterocycles. The number of aromatic nitrogens is 2. The highest BCUT2D eigenvalue weighted by atomic mass is 32.2. The number of hydrogen-bond donors (Lipinski definition) is 1. The number of nitrogens with zero attached hydrogens (tertiary/aromatic N) is 2. The molecule has 0 fully saturated rings. The molecule has 5 nitrogen and oxygen atoms in total. The Hall–Kier alpha value is -2.58. The maximum absolute atomic E-state index is 14.9. The summed E-state index contributed by atoms with van der Waals surface area (Å²) in [6.07, 6.45) is 3.76. The van der Waals surface area contributed by atoms with Gasteiger partial charge in [0.15, 0.2) is 5.82 Å². The van der Waals surface area contributed by atoms with E-state index in [1.807, 2.05) is 0 Å².